The predicted molar refractivity (Wildman–Crippen MR) is 48.7 cm³/mol. The number of nitrogens with one attached hydrogen (secondary N) is 2. The highest BCUT2D eigenvalue weighted by molar-refractivity contribution is 6.07. The number of carbonyl (C=O) groups is 2. The first-order valence-electron chi connectivity index (χ1n) is 4.85. The van der Waals surface area contributed by atoms with Crippen LogP contribution in [0, 0.1) is 0 Å². The van der Waals surface area contributed by atoms with Crippen LogP contribution in [0.15, 0.2) is 0 Å². The Hall–Kier alpha value is -1.10. The second-order valence-corrected chi connectivity index (χ2v) is 3.85. The molecule has 0 aromatic heterocycles. The molecular weight excluding hydrogens is 184 g/mol. The van der Waals surface area contributed by atoms with Crippen molar-refractivity contribution in [3.8, 4) is 0 Å². The first-order valence-corrected chi connectivity index (χ1v) is 4.85. The summed E-state index contributed by atoms with van der Waals surface area (Å²) in [5.41, 5.74) is -0.802. The van der Waals surface area contributed by atoms with Gasteiger partial charge in [-0.05, 0) is 12.8 Å². The number of methoxy groups -OCH3 is 1. The highest BCUT2D eigenvalue weighted by atomic mass is 16.5. The third-order valence-corrected chi connectivity index (χ3v) is 3.09. The van der Waals surface area contributed by atoms with E-state index in [9.17, 15) is 9.59 Å². The van der Waals surface area contributed by atoms with Crippen molar-refractivity contribution in [1.82, 2.24) is 10.6 Å². The summed E-state index contributed by atoms with van der Waals surface area (Å²) < 4.78 is 5.27. The summed E-state index contributed by atoms with van der Waals surface area (Å²) in [6.07, 6.45) is 3.30. The number of amides is 3. The number of urea groups is 1. The summed E-state index contributed by atoms with van der Waals surface area (Å²) in [5.74, 6) is -0.242. The maximum Gasteiger partial charge on any atom is 0.322 e. The fourth-order valence-electron chi connectivity index (χ4n) is 2.37. The first-order chi connectivity index (χ1) is 6.69. The fraction of sp³-hybridized carbons (Fsp3) is 0.778. The average Bonchev–Trinajstić information content (AvgIpc) is 2.43. The van der Waals surface area contributed by atoms with Gasteiger partial charge in [-0.15, -0.1) is 0 Å². The molecule has 2 unspecified atom stereocenters. The average molecular weight is 198 g/mol. The molecule has 1 heterocycles. The standard InChI is InChI=1S/C9H14N2O3/c1-14-6-4-2-3-5-9(6)7(12)10-8(13)11-9/h6H,2-5H2,1H3,(H2,10,11,12,13). The van der Waals surface area contributed by atoms with Crippen LogP contribution >= 0.6 is 0 Å². The Morgan fingerprint density at radius 3 is 2.79 bits per heavy atom. The van der Waals surface area contributed by atoms with Crippen LogP contribution in [0.4, 0.5) is 4.79 Å². The molecule has 1 saturated heterocycles. The van der Waals surface area contributed by atoms with Gasteiger partial charge in [0.15, 0.2) is 0 Å². The Morgan fingerprint density at radius 2 is 2.21 bits per heavy atom. The van der Waals surface area contributed by atoms with E-state index in [-0.39, 0.29) is 12.0 Å². The molecule has 2 fully saturated rings. The molecule has 2 N–H and O–H groups in total. The van der Waals surface area contributed by atoms with Gasteiger partial charge in [0, 0.05) is 7.11 Å². The number of rotatable bonds is 1. The quantitative estimate of drug-likeness (QED) is 0.589. The van der Waals surface area contributed by atoms with Gasteiger partial charge >= 0.3 is 6.03 Å². The van der Waals surface area contributed by atoms with E-state index >= 15 is 0 Å². The van der Waals surface area contributed by atoms with E-state index in [4.69, 9.17) is 4.74 Å². The lowest BCUT2D eigenvalue weighted by Gasteiger charge is -2.37. The van der Waals surface area contributed by atoms with Gasteiger partial charge in [0.1, 0.15) is 5.54 Å². The molecule has 0 radical (unpaired) electrons. The van der Waals surface area contributed by atoms with Gasteiger partial charge in [-0.25, -0.2) is 4.79 Å². The minimum absolute atomic E-state index is 0.192. The maximum atomic E-state index is 11.7. The highest BCUT2D eigenvalue weighted by Crippen LogP contribution is 2.32. The molecule has 14 heavy (non-hydrogen) atoms. The van der Waals surface area contributed by atoms with E-state index in [0.29, 0.717) is 6.42 Å². The van der Waals surface area contributed by atoms with Crippen molar-refractivity contribution in [3.05, 3.63) is 0 Å². The molecule has 1 aliphatic carbocycles. The molecule has 2 aliphatic rings. The fourth-order valence-corrected chi connectivity index (χ4v) is 2.37. The minimum Gasteiger partial charge on any atom is -0.378 e. The van der Waals surface area contributed by atoms with Gasteiger partial charge in [0.25, 0.3) is 5.91 Å². The van der Waals surface area contributed by atoms with E-state index in [1.165, 1.54) is 0 Å². The molecule has 2 rings (SSSR count). The zero-order chi connectivity index (χ0) is 10.2. The second kappa shape index (κ2) is 3.24. The van der Waals surface area contributed by atoms with Crippen LogP contribution in [0.5, 0.6) is 0 Å². The molecule has 5 nitrogen and oxygen atoms in total. The zero-order valence-electron chi connectivity index (χ0n) is 8.13. The number of carbonyl (C=O) groups excluding carboxylic acids is 2. The van der Waals surface area contributed by atoms with Crippen LogP contribution in [0.25, 0.3) is 0 Å². The Balaban J connectivity index is 2.26. The van der Waals surface area contributed by atoms with E-state index in [1.54, 1.807) is 7.11 Å². The van der Waals surface area contributed by atoms with Crippen molar-refractivity contribution >= 4 is 11.9 Å². The van der Waals surface area contributed by atoms with E-state index in [1.807, 2.05) is 0 Å². The third-order valence-electron chi connectivity index (χ3n) is 3.09. The summed E-state index contributed by atoms with van der Waals surface area (Å²) in [6.45, 7) is 0. The van der Waals surface area contributed by atoms with E-state index in [2.05, 4.69) is 10.6 Å². The van der Waals surface area contributed by atoms with Crippen LogP contribution in [-0.4, -0.2) is 30.7 Å². The number of hydrogen-bond donors (Lipinski definition) is 2. The summed E-state index contributed by atoms with van der Waals surface area (Å²) in [7, 11) is 1.58. The molecular formula is C9H14N2O3. The first kappa shape index (κ1) is 9.45. The van der Waals surface area contributed by atoms with Crippen LogP contribution in [0.2, 0.25) is 0 Å². The van der Waals surface area contributed by atoms with Crippen molar-refractivity contribution in [2.45, 2.75) is 37.3 Å². The third kappa shape index (κ3) is 1.19. The van der Waals surface area contributed by atoms with Crippen molar-refractivity contribution in [1.29, 1.82) is 0 Å². The topological polar surface area (TPSA) is 67.4 Å². The van der Waals surface area contributed by atoms with Crippen LogP contribution in [0.1, 0.15) is 25.7 Å². The Bertz CT molecular complexity index is 279. The smallest absolute Gasteiger partial charge is 0.322 e. The summed E-state index contributed by atoms with van der Waals surface area (Å²) in [6, 6.07) is -0.404. The minimum atomic E-state index is -0.802. The van der Waals surface area contributed by atoms with Crippen LogP contribution in [0.3, 0.4) is 0 Å². The van der Waals surface area contributed by atoms with Crippen molar-refractivity contribution in [3.63, 3.8) is 0 Å². The summed E-state index contributed by atoms with van der Waals surface area (Å²) >= 11 is 0. The Morgan fingerprint density at radius 1 is 1.43 bits per heavy atom. The molecule has 1 spiro atoms. The molecule has 3 amide bonds. The van der Waals surface area contributed by atoms with E-state index in [0.717, 1.165) is 19.3 Å². The lowest BCUT2D eigenvalue weighted by Crippen LogP contribution is -2.58. The van der Waals surface area contributed by atoms with E-state index < -0.39 is 11.6 Å². The molecule has 0 bridgehead atoms. The Labute approximate surface area is 82.2 Å². The van der Waals surface area contributed by atoms with Gasteiger partial charge in [0.05, 0.1) is 6.10 Å². The van der Waals surface area contributed by atoms with Crippen molar-refractivity contribution in [2.75, 3.05) is 7.11 Å². The van der Waals surface area contributed by atoms with Crippen LogP contribution < -0.4 is 10.6 Å². The van der Waals surface area contributed by atoms with Gasteiger partial charge < -0.3 is 10.1 Å². The van der Waals surface area contributed by atoms with Gasteiger partial charge in [0.2, 0.25) is 0 Å². The molecule has 0 aromatic rings. The van der Waals surface area contributed by atoms with Gasteiger partial charge in [-0.2, -0.15) is 0 Å². The molecule has 5 heteroatoms. The van der Waals surface area contributed by atoms with Gasteiger partial charge in [-0.3, -0.25) is 10.1 Å². The number of ether oxygens (including phenoxy) is 1. The molecule has 0 aromatic carbocycles. The van der Waals surface area contributed by atoms with Crippen LogP contribution in [-0.2, 0) is 9.53 Å². The lowest BCUT2D eigenvalue weighted by atomic mass is 9.79. The normalized spacial score (nSPS) is 37.1. The van der Waals surface area contributed by atoms with Crippen molar-refractivity contribution in [2.24, 2.45) is 0 Å². The SMILES string of the molecule is COC1CCCCC12NC(=O)NC2=O. The zero-order valence-corrected chi connectivity index (χ0v) is 8.13. The monoisotopic (exact) mass is 198 g/mol. The molecule has 1 aliphatic heterocycles. The van der Waals surface area contributed by atoms with Crippen molar-refractivity contribution < 1.29 is 14.3 Å². The molecule has 2 atom stereocenters. The lowest BCUT2D eigenvalue weighted by molar-refractivity contribution is -0.131. The number of imide groups is 1. The highest BCUT2D eigenvalue weighted by Gasteiger charge is 2.53. The summed E-state index contributed by atoms with van der Waals surface area (Å²) in [4.78, 5) is 22.7. The Kier molecular flexibility index (Phi) is 2.19. The largest absolute Gasteiger partial charge is 0.378 e. The maximum absolute atomic E-state index is 11.7. The predicted octanol–water partition coefficient (Wildman–Crippen LogP) is 0.154. The van der Waals surface area contributed by atoms with Gasteiger partial charge in [-0.1, -0.05) is 12.8 Å². The summed E-state index contributed by atoms with van der Waals surface area (Å²) in [5, 5.41) is 4.97. The molecule has 1 saturated carbocycles. The molecule has 78 valence electrons. The second-order valence-electron chi connectivity index (χ2n) is 3.85. The number of hydrogen-bond acceptors (Lipinski definition) is 3.